The average molecular weight is 331 g/mol. The summed E-state index contributed by atoms with van der Waals surface area (Å²) in [7, 11) is 0. The molecule has 0 amide bonds. The van der Waals surface area contributed by atoms with Gasteiger partial charge in [0.15, 0.2) is 0 Å². The molecule has 1 unspecified atom stereocenters. The maximum Gasteiger partial charge on any atom is 0.315 e. The minimum Gasteiger partial charge on any atom is -0.462 e. The second-order valence-electron chi connectivity index (χ2n) is 6.29. The molecule has 0 aliphatic carbocycles. The Balaban J connectivity index is 1.91. The quantitative estimate of drug-likeness (QED) is 0.630. The third-order valence-electron chi connectivity index (χ3n) is 4.07. The number of hydrogen-bond acceptors (Lipinski definition) is 4. The van der Waals surface area contributed by atoms with Gasteiger partial charge in [0.25, 0.3) is 0 Å². The van der Waals surface area contributed by atoms with Crippen molar-refractivity contribution in [3.63, 3.8) is 0 Å². The topological polar surface area (TPSA) is 48.3 Å². The molecule has 0 N–H and O–H groups in total. The Morgan fingerprint density at radius 1 is 1.35 bits per heavy atom. The number of fused-ring (bicyclic) bond motifs is 1. The fraction of sp³-hybridized carbons (Fsp3) is 0.444. The number of carbonyl (C=O) groups excluding carboxylic acids is 2. The number of aromatic nitrogens is 1. The first-order valence-corrected chi connectivity index (χ1v) is 8.85. The Hall–Kier alpha value is -1.88. The fourth-order valence-electron chi connectivity index (χ4n) is 3.07. The third kappa shape index (κ3) is 3.11. The Kier molecular flexibility index (Phi) is 4.39. The van der Waals surface area contributed by atoms with Gasteiger partial charge in [-0.15, -0.1) is 11.3 Å². The van der Waals surface area contributed by atoms with Gasteiger partial charge >= 0.3 is 5.97 Å². The number of carbonyl (C=O) groups is 2. The summed E-state index contributed by atoms with van der Waals surface area (Å²) in [5, 5.41) is 1.98. The number of rotatable bonds is 4. The molecule has 0 aromatic carbocycles. The second-order valence-corrected chi connectivity index (χ2v) is 7.20. The van der Waals surface area contributed by atoms with Gasteiger partial charge in [-0.3, -0.25) is 9.59 Å². The van der Waals surface area contributed by atoms with Gasteiger partial charge in [0.05, 0.1) is 22.6 Å². The molecule has 3 rings (SSSR count). The van der Waals surface area contributed by atoms with Crippen molar-refractivity contribution in [3.05, 3.63) is 45.4 Å². The van der Waals surface area contributed by atoms with Crippen molar-refractivity contribution in [2.24, 2.45) is 0 Å². The van der Waals surface area contributed by atoms with Gasteiger partial charge in [-0.2, -0.15) is 0 Å². The minimum atomic E-state index is -0.266. The number of hydrogen-bond donors (Lipinski definition) is 0. The zero-order valence-electron chi connectivity index (χ0n) is 13.7. The lowest BCUT2D eigenvalue weighted by Crippen LogP contribution is -2.26. The molecule has 1 aliphatic heterocycles. The van der Waals surface area contributed by atoms with Gasteiger partial charge in [0.1, 0.15) is 0 Å². The number of aryl methyl sites for hydroxylation is 1. The van der Waals surface area contributed by atoms with E-state index < -0.39 is 0 Å². The molecule has 4 nitrogen and oxygen atoms in total. The number of esters is 1. The minimum absolute atomic E-state index is 0.0345. The summed E-state index contributed by atoms with van der Waals surface area (Å²) in [6, 6.07) is 5.66. The van der Waals surface area contributed by atoms with Crippen LogP contribution in [0.25, 0.3) is 0 Å². The van der Waals surface area contributed by atoms with E-state index >= 15 is 0 Å². The van der Waals surface area contributed by atoms with Crippen molar-refractivity contribution in [2.75, 3.05) is 0 Å². The summed E-state index contributed by atoms with van der Waals surface area (Å²) in [4.78, 5) is 25.8. The summed E-state index contributed by atoms with van der Waals surface area (Å²) in [6.07, 6.45) is 1.54. The standard InChI is InChI=1S/C18H21NO3S/c1-11(2)22-18(21)13-5-4-8-19-14(13)6-7-15(19)17(20)16-9-12(3)10-23-16/h6-7,9-11,13H,4-5,8H2,1-3H3. The summed E-state index contributed by atoms with van der Waals surface area (Å²) >= 11 is 1.47. The third-order valence-corrected chi connectivity index (χ3v) is 5.12. The van der Waals surface area contributed by atoms with Crippen LogP contribution in [0.15, 0.2) is 23.6 Å². The van der Waals surface area contributed by atoms with Gasteiger partial charge in [-0.05, 0) is 62.8 Å². The molecule has 3 heterocycles. The molecular formula is C18H21NO3S. The van der Waals surface area contributed by atoms with Gasteiger partial charge in [0.2, 0.25) is 5.78 Å². The van der Waals surface area contributed by atoms with Crippen LogP contribution in [0, 0.1) is 6.92 Å². The zero-order valence-corrected chi connectivity index (χ0v) is 14.5. The van der Waals surface area contributed by atoms with Crippen molar-refractivity contribution in [3.8, 4) is 0 Å². The number of ketones is 1. The van der Waals surface area contributed by atoms with E-state index in [1.54, 1.807) is 0 Å². The summed E-state index contributed by atoms with van der Waals surface area (Å²) < 4.78 is 7.36. The fourth-order valence-corrected chi connectivity index (χ4v) is 3.91. The maximum atomic E-state index is 12.7. The van der Waals surface area contributed by atoms with Crippen molar-refractivity contribution in [1.82, 2.24) is 4.57 Å². The van der Waals surface area contributed by atoms with Crippen molar-refractivity contribution >= 4 is 23.1 Å². The lowest BCUT2D eigenvalue weighted by Gasteiger charge is -2.25. The maximum absolute atomic E-state index is 12.7. The van der Waals surface area contributed by atoms with Crippen LogP contribution in [0.2, 0.25) is 0 Å². The molecule has 0 radical (unpaired) electrons. The van der Waals surface area contributed by atoms with E-state index in [1.165, 1.54) is 11.3 Å². The SMILES string of the molecule is Cc1csc(C(=O)c2ccc3n2CCCC3C(=O)OC(C)C)c1. The van der Waals surface area contributed by atoms with E-state index in [0.717, 1.165) is 35.5 Å². The highest BCUT2D eigenvalue weighted by Crippen LogP contribution is 2.32. The highest BCUT2D eigenvalue weighted by Gasteiger charge is 2.31. The van der Waals surface area contributed by atoms with Crippen LogP contribution >= 0.6 is 11.3 Å². The normalized spacial score (nSPS) is 17.1. The summed E-state index contributed by atoms with van der Waals surface area (Å²) in [5.74, 6) is -0.421. The Morgan fingerprint density at radius 2 is 2.13 bits per heavy atom. The first-order valence-electron chi connectivity index (χ1n) is 7.97. The second kappa shape index (κ2) is 6.32. The Bertz CT molecular complexity index is 741. The van der Waals surface area contributed by atoms with Crippen LogP contribution in [-0.4, -0.2) is 22.4 Å². The van der Waals surface area contributed by atoms with Crippen LogP contribution in [0.4, 0.5) is 0 Å². The van der Waals surface area contributed by atoms with E-state index in [9.17, 15) is 9.59 Å². The number of ether oxygens (including phenoxy) is 1. The number of thiophene rings is 1. The van der Waals surface area contributed by atoms with E-state index in [2.05, 4.69) is 0 Å². The van der Waals surface area contributed by atoms with Crippen molar-refractivity contribution in [2.45, 2.75) is 52.2 Å². The van der Waals surface area contributed by atoms with E-state index in [0.29, 0.717) is 5.69 Å². The van der Waals surface area contributed by atoms with Crippen LogP contribution in [-0.2, 0) is 16.1 Å². The zero-order chi connectivity index (χ0) is 16.6. The average Bonchev–Trinajstić information content (AvgIpc) is 3.11. The lowest BCUT2D eigenvalue weighted by atomic mass is 9.96. The van der Waals surface area contributed by atoms with Gasteiger partial charge in [0, 0.05) is 12.2 Å². The Labute approximate surface area is 140 Å². The van der Waals surface area contributed by atoms with Crippen molar-refractivity contribution < 1.29 is 14.3 Å². The van der Waals surface area contributed by atoms with E-state index in [-0.39, 0.29) is 23.8 Å². The van der Waals surface area contributed by atoms with Crippen LogP contribution in [0.1, 0.15) is 59.2 Å². The molecule has 0 bridgehead atoms. The molecule has 1 atom stereocenters. The first-order chi connectivity index (χ1) is 11.0. The predicted octanol–water partition coefficient (Wildman–Crippen LogP) is 3.92. The monoisotopic (exact) mass is 331 g/mol. The smallest absolute Gasteiger partial charge is 0.315 e. The van der Waals surface area contributed by atoms with Crippen LogP contribution < -0.4 is 0 Å². The highest BCUT2D eigenvalue weighted by molar-refractivity contribution is 7.12. The van der Waals surface area contributed by atoms with E-state index in [4.69, 9.17) is 4.74 Å². The largest absolute Gasteiger partial charge is 0.462 e. The van der Waals surface area contributed by atoms with Crippen molar-refractivity contribution in [1.29, 1.82) is 0 Å². The number of nitrogens with zero attached hydrogens (tertiary/aromatic N) is 1. The molecule has 23 heavy (non-hydrogen) atoms. The van der Waals surface area contributed by atoms with E-state index in [1.807, 2.05) is 48.9 Å². The molecular weight excluding hydrogens is 310 g/mol. The predicted molar refractivity (Wildman–Crippen MR) is 90.1 cm³/mol. The van der Waals surface area contributed by atoms with Crippen LogP contribution in [0.5, 0.6) is 0 Å². The van der Waals surface area contributed by atoms with Gasteiger partial charge in [-0.1, -0.05) is 0 Å². The Morgan fingerprint density at radius 3 is 2.78 bits per heavy atom. The molecule has 5 heteroatoms. The molecule has 2 aromatic rings. The molecule has 2 aromatic heterocycles. The molecule has 0 fully saturated rings. The van der Waals surface area contributed by atoms with Gasteiger partial charge in [-0.25, -0.2) is 0 Å². The molecule has 1 aliphatic rings. The molecule has 0 saturated carbocycles. The molecule has 0 spiro atoms. The van der Waals surface area contributed by atoms with Gasteiger partial charge < -0.3 is 9.30 Å². The molecule has 122 valence electrons. The first kappa shape index (κ1) is 16.0. The summed E-state index contributed by atoms with van der Waals surface area (Å²) in [6.45, 7) is 6.47. The lowest BCUT2D eigenvalue weighted by molar-refractivity contribution is -0.149. The van der Waals surface area contributed by atoms with Crippen LogP contribution in [0.3, 0.4) is 0 Å². The molecule has 0 saturated heterocycles. The summed E-state index contributed by atoms with van der Waals surface area (Å²) in [5.41, 5.74) is 2.67. The highest BCUT2D eigenvalue weighted by atomic mass is 32.1.